The molecule has 2 aromatic rings. The lowest BCUT2D eigenvalue weighted by Gasteiger charge is -2.09. The standard InChI is InChI=1S/C15H17NO/c1-2-6-15(12-7-8-12)13(4-1)10-16-11-14-5-3-9-17-14/h1-6,9,12,16H,7-8,10-11H2. The van der Waals surface area contributed by atoms with Crippen LogP contribution in [0.3, 0.4) is 0 Å². The Morgan fingerprint density at radius 1 is 1.06 bits per heavy atom. The van der Waals surface area contributed by atoms with E-state index >= 15 is 0 Å². The van der Waals surface area contributed by atoms with Gasteiger partial charge in [-0.05, 0) is 42.0 Å². The van der Waals surface area contributed by atoms with E-state index in [9.17, 15) is 0 Å². The molecule has 1 aromatic carbocycles. The Hall–Kier alpha value is -1.54. The number of hydrogen-bond donors (Lipinski definition) is 1. The van der Waals surface area contributed by atoms with Crippen molar-refractivity contribution in [3.05, 3.63) is 59.5 Å². The maximum atomic E-state index is 5.30. The van der Waals surface area contributed by atoms with Crippen LogP contribution in [0.25, 0.3) is 0 Å². The van der Waals surface area contributed by atoms with Gasteiger partial charge >= 0.3 is 0 Å². The smallest absolute Gasteiger partial charge is 0.117 e. The van der Waals surface area contributed by atoms with E-state index in [1.807, 2.05) is 12.1 Å². The molecule has 2 heteroatoms. The number of nitrogens with one attached hydrogen (secondary N) is 1. The van der Waals surface area contributed by atoms with Gasteiger partial charge in [0.15, 0.2) is 0 Å². The largest absolute Gasteiger partial charge is 0.468 e. The van der Waals surface area contributed by atoms with Crippen LogP contribution in [0.5, 0.6) is 0 Å². The molecule has 17 heavy (non-hydrogen) atoms. The van der Waals surface area contributed by atoms with Gasteiger partial charge in [-0.3, -0.25) is 0 Å². The molecule has 0 spiro atoms. The fourth-order valence-corrected chi connectivity index (χ4v) is 2.22. The summed E-state index contributed by atoms with van der Waals surface area (Å²) in [5, 5.41) is 3.43. The van der Waals surface area contributed by atoms with Crippen LogP contribution >= 0.6 is 0 Å². The molecule has 1 heterocycles. The van der Waals surface area contributed by atoms with Crippen molar-refractivity contribution in [3.8, 4) is 0 Å². The number of benzene rings is 1. The second-order valence-electron chi connectivity index (χ2n) is 4.66. The SMILES string of the molecule is c1coc(CNCc2ccccc2C2CC2)c1. The average Bonchev–Trinajstić information content (AvgIpc) is 3.08. The van der Waals surface area contributed by atoms with Crippen LogP contribution in [0, 0.1) is 0 Å². The summed E-state index contributed by atoms with van der Waals surface area (Å²) in [7, 11) is 0. The van der Waals surface area contributed by atoms with Crippen LogP contribution in [0.2, 0.25) is 0 Å². The van der Waals surface area contributed by atoms with E-state index in [0.29, 0.717) is 0 Å². The second-order valence-corrected chi connectivity index (χ2v) is 4.66. The van der Waals surface area contributed by atoms with Crippen LogP contribution in [0.4, 0.5) is 0 Å². The molecule has 0 unspecified atom stereocenters. The second kappa shape index (κ2) is 4.76. The highest BCUT2D eigenvalue weighted by atomic mass is 16.3. The first-order valence-corrected chi connectivity index (χ1v) is 6.24. The number of rotatable bonds is 5. The predicted octanol–water partition coefficient (Wildman–Crippen LogP) is 3.45. The van der Waals surface area contributed by atoms with Crippen molar-refractivity contribution >= 4 is 0 Å². The minimum Gasteiger partial charge on any atom is -0.468 e. The van der Waals surface area contributed by atoms with Crippen molar-refractivity contribution in [2.75, 3.05) is 0 Å². The molecule has 1 saturated carbocycles. The Kier molecular flexibility index (Phi) is 2.97. The van der Waals surface area contributed by atoms with E-state index in [2.05, 4.69) is 29.6 Å². The first-order valence-electron chi connectivity index (χ1n) is 6.24. The molecule has 1 aromatic heterocycles. The molecule has 0 amide bonds. The van der Waals surface area contributed by atoms with Crippen molar-refractivity contribution in [2.24, 2.45) is 0 Å². The summed E-state index contributed by atoms with van der Waals surface area (Å²) < 4.78 is 5.30. The quantitative estimate of drug-likeness (QED) is 0.846. The molecule has 1 fully saturated rings. The van der Waals surface area contributed by atoms with Crippen molar-refractivity contribution in [2.45, 2.75) is 31.8 Å². The minimum absolute atomic E-state index is 0.798. The highest BCUT2D eigenvalue weighted by Gasteiger charge is 2.25. The van der Waals surface area contributed by atoms with Crippen LogP contribution in [-0.2, 0) is 13.1 Å². The van der Waals surface area contributed by atoms with Gasteiger partial charge in [-0.2, -0.15) is 0 Å². The van der Waals surface area contributed by atoms with Crippen LogP contribution < -0.4 is 5.32 Å². The van der Waals surface area contributed by atoms with Gasteiger partial charge in [-0.25, -0.2) is 0 Å². The van der Waals surface area contributed by atoms with E-state index in [1.54, 1.807) is 6.26 Å². The van der Waals surface area contributed by atoms with Crippen LogP contribution in [0.1, 0.15) is 35.6 Å². The van der Waals surface area contributed by atoms with Crippen molar-refractivity contribution in [1.29, 1.82) is 0 Å². The predicted molar refractivity (Wildman–Crippen MR) is 67.7 cm³/mol. The molecular weight excluding hydrogens is 210 g/mol. The first kappa shape index (κ1) is 10.6. The number of furan rings is 1. The van der Waals surface area contributed by atoms with Gasteiger partial charge in [0.1, 0.15) is 5.76 Å². The minimum atomic E-state index is 0.798. The Balaban J connectivity index is 1.61. The topological polar surface area (TPSA) is 25.2 Å². The Morgan fingerprint density at radius 3 is 2.71 bits per heavy atom. The molecule has 0 bridgehead atoms. The van der Waals surface area contributed by atoms with E-state index in [4.69, 9.17) is 4.42 Å². The van der Waals surface area contributed by atoms with E-state index in [-0.39, 0.29) is 0 Å². The summed E-state index contributed by atoms with van der Waals surface area (Å²) in [5.41, 5.74) is 2.96. The molecule has 0 atom stereocenters. The molecule has 0 aliphatic heterocycles. The van der Waals surface area contributed by atoms with E-state index < -0.39 is 0 Å². The fourth-order valence-electron chi connectivity index (χ4n) is 2.22. The zero-order valence-corrected chi connectivity index (χ0v) is 9.86. The maximum Gasteiger partial charge on any atom is 0.117 e. The van der Waals surface area contributed by atoms with Gasteiger partial charge in [0.25, 0.3) is 0 Å². The monoisotopic (exact) mass is 227 g/mol. The molecule has 1 aliphatic rings. The van der Waals surface area contributed by atoms with E-state index in [0.717, 1.165) is 24.8 Å². The summed E-state index contributed by atoms with van der Waals surface area (Å²) in [6.07, 6.45) is 4.43. The third-order valence-electron chi connectivity index (χ3n) is 3.27. The summed E-state index contributed by atoms with van der Waals surface area (Å²) >= 11 is 0. The average molecular weight is 227 g/mol. The van der Waals surface area contributed by atoms with Gasteiger partial charge in [0.2, 0.25) is 0 Å². The van der Waals surface area contributed by atoms with Crippen LogP contribution in [-0.4, -0.2) is 0 Å². The van der Waals surface area contributed by atoms with Crippen LogP contribution in [0.15, 0.2) is 47.1 Å². The normalized spacial score (nSPS) is 15.1. The summed E-state index contributed by atoms with van der Waals surface area (Å²) in [4.78, 5) is 0. The van der Waals surface area contributed by atoms with Gasteiger partial charge in [-0.15, -0.1) is 0 Å². The third kappa shape index (κ3) is 2.59. The highest BCUT2D eigenvalue weighted by molar-refractivity contribution is 5.33. The van der Waals surface area contributed by atoms with Gasteiger partial charge in [0.05, 0.1) is 12.8 Å². The maximum absolute atomic E-state index is 5.30. The van der Waals surface area contributed by atoms with Crippen molar-refractivity contribution < 1.29 is 4.42 Å². The van der Waals surface area contributed by atoms with E-state index in [1.165, 1.54) is 24.0 Å². The fraction of sp³-hybridized carbons (Fsp3) is 0.333. The molecule has 88 valence electrons. The Morgan fingerprint density at radius 2 is 1.94 bits per heavy atom. The summed E-state index contributed by atoms with van der Waals surface area (Å²) in [6, 6.07) is 12.7. The van der Waals surface area contributed by atoms with Crippen molar-refractivity contribution in [1.82, 2.24) is 5.32 Å². The lowest BCUT2D eigenvalue weighted by Crippen LogP contribution is -2.13. The number of hydrogen-bond acceptors (Lipinski definition) is 2. The van der Waals surface area contributed by atoms with Crippen molar-refractivity contribution in [3.63, 3.8) is 0 Å². The van der Waals surface area contributed by atoms with Gasteiger partial charge in [0, 0.05) is 6.54 Å². The Bertz CT molecular complexity index is 471. The molecule has 1 N–H and O–H groups in total. The molecule has 2 nitrogen and oxygen atoms in total. The Labute approximate surface area is 102 Å². The summed E-state index contributed by atoms with van der Waals surface area (Å²) in [5.74, 6) is 1.81. The molecule has 1 aliphatic carbocycles. The first-order chi connectivity index (χ1) is 8.43. The van der Waals surface area contributed by atoms with Gasteiger partial charge in [-0.1, -0.05) is 24.3 Å². The third-order valence-corrected chi connectivity index (χ3v) is 3.27. The lowest BCUT2D eigenvalue weighted by atomic mass is 10.0. The van der Waals surface area contributed by atoms with Gasteiger partial charge < -0.3 is 9.73 Å². The zero-order valence-electron chi connectivity index (χ0n) is 9.86. The highest BCUT2D eigenvalue weighted by Crippen LogP contribution is 2.41. The molecular formula is C15H17NO. The molecule has 0 radical (unpaired) electrons. The zero-order chi connectivity index (χ0) is 11.5. The molecule has 0 saturated heterocycles. The molecule has 3 rings (SSSR count). The lowest BCUT2D eigenvalue weighted by molar-refractivity contribution is 0.482. The summed E-state index contributed by atoms with van der Waals surface area (Å²) in [6.45, 7) is 1.72.